The van der Waals surface area contributed by atoms with Crippen LogP contribution in [0.25, 0.3) is 0 Å². The second-order valence-corrected chi connectivity index (χ2v) is 25.3. The third-order valence-corrected chi connectivity index (χ3v) is 17.3. The minimum atomic E-state index is -0.667. The van der Waals surface area contributed by atoms with Gasteiger partial charge in [-0.05, 0) is 51.4 Å². The fourth-order valence-corrected chi connectivity index (χ4v) is 11.8. The van der Waals surface area contributed by atoms with Crippen molar-refractivity contribution in [2.75, 3.05) is 13.2 Å². The Balaban J connectivity index is 3.39. The van der Waals surface area contributed by atoms with Crippen molar-refractivity contribution in [2.24, 2.45) is 0 Å². The molecule has 470 valence electrons. The number of amides is 1. The van der Waals surface area contributed by atoms with Crippen molar-refractivity contribution in [1.82, 2.24) is 5.32 Å². The van der Waals surface area contributed by atoms with Gasteiger partial charge in [-0.1, -0.05) is 366 Å². The monoisotopic (exact) mass is 1110 g/mol. The molecular formula is C73H143NO5. The quantitative estimate of drug-likeness (QED) is 0.0320. The van der Waals surface area contributed by atoms with E-state index in [0.29, 0.717) is 25.9 Å². The van der Waals surface area contributed by atoms with Gasteiger partial charge in [0.1, 0.15) is 0 Å². The summed E-state index contributed by atoms with van der Waals surface area (Å²) in [4.78, 5) is 24.6. The van der Waals surface area contributed by atoms with Gasteiger partial charge in [-0.15, -0.1) is 0 Å². The molecule has 0 aliphatic heterocycles. The van der Waals surface area contributed by atoms with Gasteiger partial charge in [-0.2, -0.15) is 0 Å². The number of unbranched alkanes of at least 4 members (excludes halogenated alkanes) is 56. The lowest BCUT2D eigenvalue weighted by Gasteiger charge is -2.22. The number of ether oxygens (including phenoxy) is 1. The highest BCUT2D eigenvalue weighted by Gasteiger charge is 2.20. The Hall–Kier alpha value is -1.40. The lowest BCUT2D eigenvalue weighted by atomic mass is 10.0. The van der Waals surface area contributed by atoms with E-state index in [0.717, 1.165) is 38.5 Å². The molecule has 6 heteroatoms. The summed E-state index contributed by atoms with van der Waals surface area (Å²) in [7, 11) is 0. The average molecular weight is 1110 g/mol. The zero-order chi connectivity index (χ0) is 57.1. The third kappa shape index (κ3) is 65.6. The van der Waals surface area contributed by atoms with Crippen molar-refractivity contribution in [2.45, 2.75) is 431 Å². The molecule has 79 heavy (non-hydrogen) atoms. The van der Waals surface area contributed by atoms with Crippen LogP contribution in [0.4, 0.5) is 0 Å². The Morgan fingerprint density at radius 3 is 0.899 bits per heavy atom. The van der Waals surface area contributed by atoms with E-state index in [1.165, 1.54) is 347 Å². The van der Waals surface area contributed by atoms with Crippen molar-refractivity contribution < 1.29 is 24.5 Å². The summed E-state index contributed by atoms with van der Waals surface area (Å²) in [5, 5.41) is 23.4. The van der Waals surface area contributed by atoms with E-state index in [9.17, 15) is 19.8 Å². The van der Waals surface area contributed by atoms with Crippen LogP contribution in [-0.2, 0) is 14.3 Å². The fraction of sp³-hybridized carbons (Fsp3) is 0.945. The van der Waals surface area contributed by atoms with Gasteiger partial charge in [-0.25, -0.2) is 0 Å². The van der Waals surface area contributed by atoms with Crippen LogP contribution in [0.3, 0.4) is 0 Å². The van der Waals surface area contributed by atoms with Gasteiger partial charge in [0.2, 0.25) is 5.91 Å². The van der Waals surface area contributed by atoms with Crippen LogP contribution in [-0.4, -0.2) is 47.4 Å². The molecule has 0 bridgehead atoms. The lowest BCUT2D eigenvalue weighted by molar-refractivity contribution is -0.143. The summed E-state index contributed by atoms with van der Waals surface area (Å²) in [6.07, 6.45) is 85.5. The van der Waals surface area contributed by atoms with Crippen molar-refractivity contribution in [3.63, 3.8) is 0 Å². The van der Waals surface area contributed by atoms with E-state index in [-0.39, 0.29) is 18.5 Å². The maximum Gasteiger partial charge on any atom is 0.305 e. The summed E-state index contributed by atoms with van der Waals surface area (Å²) in [6, 6.07) is -0.544. The summed E-state index contributed by atoms with van der Waals surface area (Å²) in [6.45, 7) is 5.00. The minimum absolute atomic E-state index is 0.0162. The largest absolute Gasteiger partial charge is 0.466 e. The molecule has 0 fully saturated rings. The maximum atomic E-state index is 12.6. The SMILES string of the molecule is CCCCCCCCCCCCCCCCCCCCCCCCCCC(O)C(CO)NC(=O)CCCCCCCCCCC/C=C\CCCCCCCCCCCCCCOC(=O)CCCCCCCCCCCCCCC. The number of aliphatic hydroxyl groups is 2. The normalized spacial score (nSPS) is 12.5. The first-order valence-electron chi connectivity index (χ1n) is 36.4. The molecule has 0 saturated heterocycles. The number of nitrogens with one attached hydrogen (secondary N) is 1. The van der Waals surface area contributed by atoms with E-state index >= 15 is 0 Å². The van der Waals surface area contributed by atoms with Crippen LogP contribution in [0.5, 0.6) is 0 Å². The van der Waals surface area contributed by atoms with E-state index in [4.69, 9.17) is 4.74 Å². The minimum Gasteiger partial charge on any atom is -0.466 e. The Labute approximate surface area is 495 Å². The van der Waals surface area contributed by atoms with Crippen molar-refractivity contribution in [3.05, 3.63) is 12.2 Å². The zero-order valence-electron chi connectivity index (χ0n) is 53.9. The molecule has 0 saturated carbocycles. The van der Waals surface area contributed by atoms with Crippen LogP contribution in [0.15, 0.2) is 12.2 Å². The summed E-state index contributed by atoms with van der Waals surface area (Å²) in [5.74, 6) is -0.0163. The highest BCUT2D eigenvalue weighted by atomic mass is 16.5. The van der Waals surface area contributed by atoms with Gasteiger partial charge in [0.25, 0.3) is 0 Å². The van der Waals surface area contributed by atoms with Crippen LogP contribution < -0.4 is 5.32 Å². The lowest BCUT2D eigenvalue weighted by Crippen LogP contribution is -2.45. The average Bonchev–Trinajstić information content (AvgIpc) is 3.45. The predicted octanol–water partition coefficient (Wildman–Crippen LogP) is 23.5. The molecule has 0 spiro atoms. The van der Waals surface area contributed by atoms with E-state index in [1.54, 1.807) is 0 Å². The first kappa shape index (κ1) is 77.6. The van der Waals surface area contributed by atoms with Gasteiger partial charge >= 0.3 is 5.97 Å². The highest BCUT2D eigenvalue weighted by Crippen LogP contribution is 2.19. The maximum absolute atomic E-state index is 12.6. The van der Waals surface area contributed by atoms with Crippen LogP contribution in [0.1, 0.15) is 418 Å². The van der Waals surface area contributed by atoms with Crippen molar-refractivity contribution >= 4 is 11.9 Å². The number of carbonyl (C=O) groups is 2. The van der Waals surface area contributed by atoms with Crippen molar-refractivity contribution in [1.29, 1.82) is 0 Å². The molecule has 0 aliphatic rings. The number of hydrogen-bond acceptors (Lipinski definition) is 5. The number of hydrogen-bond donors (Lipinski definition) is 3. The molecule has 0 heterocycles. The third-order valence-electron chi connectivity index (χ3n) is 17.3. The standard InChI is InChI=1S/C73H143NO5/c1-3-5-7-9-11-13-15-17-18-19-20-21-22-26-29-32-35-38-42-45-49-53-57-61-65-71(76)70(69-75)74-72(77)66-62-58-54-50-46-43-39-36-33-30-27-24-23-25-28-31-34-37-40-44-48-52-56-60-64-68-79-73(78)67-63-59-55-51-47-41-16-14-12-10-8-6-4-2/h24,27,70-71,75-76H,3-23,25-26,28-69H2,1-2H3,(H,74,77)/b27-24-. The Morgan fingerprint density at radius 2 is 0.595 bits per heavy atom. The molecule has 6 nitrogen and oxygen atoms in total. The number of carbonyl (C=O) groups excluding carboxylic acids is 2. The van der Waals surface area contributed by atoms with E-state index in [2.05, 4.69) is 31.3 Å². The van der Waals surface area contributed by atoms with Gasteiger partial charge in [0.15, 0.2) is 0 Å². The Bertz CT molecular complexity index is 1190. The van der Waals surface area contributed by atoms with Crippen LogP contribution >= 0.6 is 0 Å². The number of rotatable bonds is 69. The molecule has 2 unspecified atom stereocenters. The number of allylic oxidation sites excluding steroid dienone is 2. The molecule has 1 amide bonds. The molecule has 0 rings (SSSR count). The summed E-state index contributed by atoms with van der Waals surface area (Å²) >= 11 is 0. The molecule has 3 N–H and O–H groups in total. The molecule has 0 aromatic carbocycles. The highest BCUT2D eigenvalue weighted by molar-refractivity contribution is 5.76. The zero-order valence-corrected chi connectivity index (χ0v) is 53.9. The fourth-order valence-electron chi connectivity index (χ4n) is 11.8. The topological polar surface area (TPSA) is 95.9 Å². The second kappa shape index (κ2) is 69.1. The smallest absolute Gasteiger partial charge is 0.305 e. The summed E-state index contributed by atoms with van der Waals surface area (Å²) in [5.41, 5.74) is 0. The second-order valence-electron chi connectivity index (χ2n) is 25.3. The molecule has 0 aliphatic carbocycles. The first-order valence-corrected chi connectivity index (χ1v) is 36.4. The molecule has 0 aromatic heterocycles. The van der Waals surface area contributed by atoms with Crippen LogP contribution in [0.2, 0.25) is 0 Å². The van der Waals surface area contributed by atoms with Gasteiger partial charge in [-0.3, -0.25) is 9.59 Å². The molecule has 0 radical (unpaired) electrons. The Kier molecular flexibility index (Phi) is 67.9. The van der Waals surface area contributed by atoms with Gasteiger partial charge < -0.3 is 20.3 Å². The number of aliphatic hydroxyl groups excluding tert-OH is 2. The van der Waals surface area contributed by atoms with E-state index < -0.39 is 12.1 Å². The molecule has 2 atom stereocenters. The number of esters is 1. The van der Waals surface area contributed by atoms with Gasteiger partial charge in [0, 0.05) is 12.8 Å². The molecule has 0 aromatic rings. The van der Waals surface area contributed by atoms with Gasteiger partial charge in [0.05, 0.1) is 25.4 Å². The Morgan fingerprint density at radius 1 is 0.342 bits per heavy atom. The van der Waals surface area contributed by atoms with Crippen molar-refractivity contribution in [3.8, 4) is 0 Å². The van der Waals surface area contributed by atoms with Crippen LogP contribution in [0, 0.1) is 0 Å². The predicted molar refractivity (Wildman–Crippen MR) is 347 cm³/mol. The first-order chi connectivity index (χ1) is 39.0. The van der Waals surface area contributed by atoms with E-state index in [1.807, 2.05) is 0 Å². The molecular weight excluding hydrogens is 971 g/mol. The summed E-state index contributed by atoms with van der Waals surface area (Å²) < 4.78 is 5.49.